The van der Waals surface area contributed by atoms with Crippen molar-refractivity contribution >= 4 is 39.6 Å². The van der Waals surface area contributed by atoms with Gasteiger partial charge in [-0.3, -0.25) is 4.79 Å². The first-order chi connectivity index (χ1) is 10.9. The topological polar surface area (TPSA) is 94.6 Å². The minimum atomic E-state index is -1.37. The van der Waals surface area contributed by atoms with Crippen LogP contribution in [0.15, 0.2) is 23.6 Å². The zero-order valence-electron chi connectivity index (χ0n) is 12.4. The number of pyridine rings is 1. The van der Waals surface area contributed by atoms with Crippen molar-refractivity contribution in [2.24, 2.45) is 5.73 Å². The van der Waals surface area contributed by atoms with Gasteiger partial charge in [-0.25, -0.2) is 9.18 Å². The lowest BCUT2D eigenvalue weighted by Crippen LogP contribution is -2.24. The van der Waals surface area contributed by atoms with Crippen LogP contribution in [0.3, 0.4) is 0 Å². The molecule has 0 saturated heterocycles. The minimum absolute atomic E-state index is 0. The molecular formula is C16H14BrFN2O4. The van der Waals surface area contributed by atoms with Crippen molar-refractivity contribution in [1.82, 2.24) is 4.57 Å². The summed E-state index contributed by atoms with van der Waals surface area (Å²) < 4.78 is 21.7. The van der Waals surface area contributed by atoms with E-state index in [1.165, 1.54) is 10.8 Å². The van der Waals surface area contributed by atoms with Crippen LogP contribution < -0.4 is 15.9 Å². The molecule has 1 aromatic heterocycles. The van der Waals surface area contributed by atoms with Gasteiger partial charge < -0.3 is 20.1 Å². The lowest BCUT2D eigenvalue weighted by molar-refractivity contribution is 0.0695. The highest BCUT2D eigenvalue weighted by Gasteiger charge is 2.41. The molecule has 1 unspecified atom stereocenters. The molecule has 1 saturated carbocycles. The maximum atomic E-state index is 14.5. The lowest BCUT2D eigenvalue weighted by atomic mass is 10.0. The number of benzene rings is 1. The van der Waals surface area contributed by atoms with E-state index in [0.29, 0.717) is 23.2 Å². The maximum Gasteiger partial charge on any atom is 0.341 e. The summed E-state index contributed by atoms with van der Waals surface area (Å²) in [6.07, 6.45) is 1.87. The van der Waals surface area contributed by atoms with Crippen molar-refractivity contribution in [2.45, 2.75) is 18.4 Å². The van der Waals surface area contributed by atoms with Crippen molar-refractivity contribution in [2.75, 3.05) is 6.61 Å². The predicted molar refractivity (Wildman–Crippen MR) is 91.6 cm³/mol. The normalized spacial score (nSPS) is 21.2. The molecule has 0 radical (unpaired) electrons. The summed E-state index contributed by atoms with van der Waals surface area (Å²) >= 11 is 0. The highest BCUT2D eigenvalue weighted by molar-refractivity contribution is 8.93. The highest BCUT2D eigenvalue weighted by Crippen LogP contribution is 2.48. The Labute approximate surface area is 146 Å². The summed E-state index contributed by atoms with van der Waals surface area (Å²) in [7, 11) is 0. The van der Waals surface area contributed by atoms with Gasteiger partial charge in [0.05, 0.1) is 16.6 Å². The van der Waals surface area contributed by atoms with Crippen LogP contribution >= 0.6 is 17.0 Å². The fraction of sp³-hybridized carbons (Fsp3) is 0.250. The van der Waals surface area contributed by atoms with Crippen molar-refractivity contribution < 1.29 is 19.0 Å². The summed E-state index contributed by atoms with van der Waals surface area (Å²) in [6, 6.07) is 0.942. The number of carbonyl (C=O) groups is 1. The van der Waals surface area contributed by atoms with E-state index in [2.05, 4.69) is 6.58 Å². The summed E-state index contributed by atoms with van der Waals surface area (Å²) in [4.78, 5) is 23.6. The molecule has 2 heterocycles. The van der Waals surface area contributed by atoms with Crippen LogP contribution in [0.25, 0.3) is 16.6 Å². The van der Waals surface area contributed by atoms with Crippen LogP contribution in [0, 0.1) is 5.82 Å². The Morgan fingerprint density at radius 3 is 2.75 bits per heavy atom. The molecule has 0 amide bonds. The molecule has 3 N–H and O–H groups in total. The van der Waals surface area contributed by atoms with Crippen molar-refractivity contribution in [1.29, 1.82) is 0 Å². The maximum absolute atomic E-state index is 14.5. The molecule has 1 aromatic carbocycles. The van der Waals surface area contributed by atoms with Crippen LogP contribution in [-0.2, 0) is 0 Å². The minimum Gasteiger partial charge on any atom is -0.485 e. The molecule has 1 aliphatic carbocycles. The Kier molecular flexibility index (Phi) is 3.76. The Morgan fingerprint density at radius 2 is 2.17 bits per heavy atom. The predicted octanol–water partition coefficient (Wildman–Crippen LogP) is 2.09. The third kappa shape index (κ3) is 2.17. The Hall–Kier alpha value is -2.19. The second-order valence-corrected chi connectivity index (χ2v) is 5.91. The molecule has 8 heteroatoms. The molecule has 2 atom stereocenters. The Balaban J connectivity index is 0.00000169. The molecule has 0 spiro atoms. The summed E-state index contributed by atoms with van der Waals surface area (Å²) in [5, 5.41) is 9.16. The summed E-state index contributed by atoms with van der Waals surface area (Å²) in [5.41, 5.74) is 5.84. The summed E-state index contributed by atoms with van der Waals surface area (Å²) in [6.45, 7) is 3.91. The number of halogens is 2. The van der Waals surface area contributed by atoms with Gasteiger partial charge in [0.15, 0.2) is 5.75 Å². The summed E-state index contributed by atoms with van der Waals surface area (Å²) in [5.74, 6) is -1.85. The van der Waals surface area contributed by atoms with Crippen LogP contribution in [0.2, 0.25) is 0 Å². The third-order valence-corrected chi connectivity index (χ3v) is 4.40. The number of carboxylic acid groups (broad SMARTS) is 1. The first-order valence-electron chi connectivity index (χ1n) is 7.11. The number of ether oxygens (including phenoxy) is 1. The van der Waals surface area contributed by atoms with E-state index in [1.54, 1.807) is 0 Å². The van der Waals surface area contributed by atoms with E-state index in [-0.39, 0.29) is 46.7 Å². The number of hydrogen-bond donors (Lipinski definition) is 2. The average Bonchev–Trinajstić information content (AvgIpc) is 3.20. The van der Waals surface area contributed by atoms with Gasteiger partial charge in [0, 0.05) is 23.7 Å². The van der Waals surface area contributed by atoms with Gasteiger partial charge in [-0.1, -0.05) is 6.58 Å². The fourth-order valence-electron chi connectivity index (χ4n) is 3.11. The van der Waals surface area contributed by atoms with E-state index < -0.39 is 22.8 Å². The second kappa shape index (κ2) is 5.42. The molecule has 2 aliphatic rings. The number of aromatic carboxylic acids is 1. The number of hydrogen-bond acceptors (Lipinski definition) is 4. The zero-order chi connectivity index (χ0) is 16.5. The van der Waals surface area contributed by atoms with Gasteiger partial charge in [0.2, 0.25) is 5.43 Å². The van der Waals surface area contributed by atoms with Crippen molar-refractivity contribution in [3.05, 3.63) is 46.0 Å². The molecule has 0 bridgehead atoms. The number of aromatic nitrogens is 1. The van der Waals surface area contributed by atoms with Crippen molar-refractivity contribution in [3.63, 3.8) is 0 Å². The molecule has 24 heavy (non-hydrogen) atoms. The smallest absolute Gasteiger partial charge is 0.341 e. The van der Waals surface area contributed by atoms with Crippen LogP contribution in [-0.4, -0.2) is 28.3 Å². The zero-order valence-corrected chi connectivity index (χ0v) is 14.1. The van der Waals surface area contributed by atoms with Gasteiger partial charge in [0.25, 0.3) is 0 Å². The van der Waals surface area contributed by atoms with Gasteiger partial charge >= 0.3 is 5.97 Å². The van der Waals surface area contributed by atoms with E-state index in [9.17, 15) is 19.1 Å². The largest absolute Gasteiger partial charge is 0.485 e. The van der Waals surface area contributed by atoms with Crippen molar-refractivity contribution in [3.8, 4) is 5.75 Å². The first kappa shape index (κ1) is 16.7. The van der Waals surface area contributed by atoms with Crippen LogP contribution in [0.5, 0.6) is 5.75 Å². The van der Waals surface area contributed by atoms with E-state index in [4.69, 9.17) is 10.5 Å². The molecule has 2 aromatic rings. The van der Waals surface area contributed by atoms with E-state index in [0.717, 1.165) is 6.07 Å². The monoisotopic (exact) mass is 396 g/mol. The number of carboxylic acids is 1. The van der Waals surface area contributed by atoms with Gasteiger partial charge in [-0.05, 0) is 12.5 Å². The number of nitrogens with two attached hydrogens (primary N) is 1. The SMILES string of the molecule is Br.C=C1COc2c(C3C[C@@H]3N)c(F)cc3c(=O)c(C(=O)O)cn1c23. The van der Waals surface area contributed by atoms with Gasteiger partial charge in [-0.15, -0.1) is 17.0 Å². The Morgan fingerprint density at radius 1 is 1.50 bits per heavy atom. The van der Waals surface area contributed by atoms with Gasteiger partial charge in [0.1, 0.15) is 18.0 Å². The average molecular weight is 397 g/mol. The van der Waals surface area contributed by atoms with Gasteiger partial charge in [-0.2, -0.15) is 0 Å². The first-order valence-corrected chi connectivity index (χ1v) is 7.11. The third-order valence-electron chi connectivity index (χ3n) is 4.40. The molecule has 4 rings (SSSR count). The van der Waals surface area contributed by atoms with Crippen LogP contribution in [0.1, 0.15) is 28.3 Å². The molecule has 1 fully saturated rings. The number of nitrogens with zero attached hydrogens (tertiary/aromatic N) is 1. The Bertz CT molecular complexity index is 969. The second-order valence-electron chi connectivity index (χ2n) is 5.91. The molecular weight excluding hydrogens is 383 g/mol. The lowest BCUT2D eigenvalue weighted by Gasteiger charge is -2.25. The fourth-order valence-corrected chi connectivity index (χ4v) is 3.11. The standard InChI is InChI=1S/C16H13FN2O4.BrH/c1-6-5-23-15-12(7-3-11(7)18)10(17)2-8-13(15)19(6)4-9(14(8)20)16(21)22;/h2,4,7,11H,1,3,5,18H2,(H,21,22);1H/t7?,11-;/m0./s1. The quantitative estimate of drug-likeness (QED) is 0.810. The highest BCUT2D eigenvalue weighted by atomic mass is 79.9. The number of rotatable bonds is 2. The van der Waals surface area contributed by atoms with Crippen LogP contribution in [0.4, 0.5) is 4.39 Å². The molecule has 1 aliphatic heterocycles. The van der Waals surface area contributed by atoms with E-state index in [1.807, 2.05) is 0 Å². The molecule has 126 valence electrons. The molecule has 6 nitrogen and oxygen atoms in total. The van der Waals surface area contributed by atoms with E-state index >= 15 is 0 Å².